The lowest BCUT2D eigenvalue weighted by molar-refractivity contribution is -0.135. The molecule has 0 aliphatic heterocycles. The van der Waals surface area contributed by atoms with Crippen LogP contribution in [0.2, 0.25) is 0 Å². The van der Waals surface area contributed by atoms with Crippen molar-refractivity contribution in [3.8, 4) is 5.75 Å². The van der Waals surface area contributed by atoms with Crippen molar-refractivity contribution in [2.24, 2.45) is 44.6 Å². The van der Waals surface area contributed by atoms with Crippen molar-refractivity contribution in [2.75, 3.05) is 19.6 Å². The molecular formula is C49H70N14O10. The van der Waals surface area contributed by atoms with Gasteiger partial charge in [-0.05, 0) is 73.8 Å². The molecule has 0 aliphatic rings. The largest absolute Gasteiger partial charge is 0.508 e. The minimum atomic E-state index is -1.28. The van der Waals surface area contributed by atoms with Gasteiger partial charge in [0.25, 0.3) is 0 Å². The molecule has 8 amide bonds. The van der Waals surface area contributed by atoms with Crippen LogP contribution in [0.25, 0.3) is 0 Å². The standard InChI is InChI=1S/C49H70N14O10/c1-29(2)24-37(45(70)61-36(17-11-23-56-48(53)54)43(68)60-35(41(50)66)16-10-22-55-47(51)52)62-46(71)38(25-31-12-6-4-7-13-31)59-40(65)27-57-42(67)30(3)58-44(69)39(26-32-18-20-34(64)21-19-32)63-49(72)73-28-33-14-8-5-9-15-33/h4-9,12-15,18-21,29-30,35-39,64H,10-11,16-17,22-28H2,1-3H3,(H2,50,66)(H,57,67)(H,58,69)(H,59,65)(H,60,68)(H,61,70)(H,62,71)(H,63,72)(H4,51,52,55)(H4,53,54,56)/t30-,35+,36+,37+,38+,39+/m1/s1. The second kappa shape index (κ2) is 31.0. The van der Waals surface area contributed by atoms with Crippen molar-refractivity contribution >= 4 is 59.4 Å². The molecule has 6 atom stereocenters. The molecule has 73 heavy (non-hydrogen) atoms. The van der Waals surface area contributed by atoms with Crippen LogP contribution in [0.4, 0.5) is 4.79 Å². The molecule has 0 fully saturated rings. The number of hydrogen-bond acceptors (Lipinski definition) is 12. The summed E-state index contributed by atoms with van der Waals surface area (Å²) >= 11 is 0. The number of benzene rings is 3. The summed E-state index contributed by atoms with van der Waals surface area (Å²) in [6, 6.07) is 16.2. The van der Waals surface area contributed by atoms with E-state index in [-0.39, 0.29) is 81.8 Å². The van der Waals surface area contributed by atoms with Crippen LogP contribution < -0.4 is 65.9 Å². The van der Waals surface area contributed by atoms with Crippen molar-refractivity contribution in [3.05, 3.63) is 102 Å². The summed E-state index contributed by atoms with van der Waals surface area (Å²) in [5.74, 6) is -5.90. The number of rotatable bonds is 30. The number of nitrogens with two attached hydrogens (primary N) is 5. The number of phenolic OH excluding ortho intramolecular Hbond substituents is 1. The van der Waals surface area contributed by atoms with Gasteiger partial charge in [0.15, 0.2) is 11.9 Å². The minimum Gasteiger partial charge on any atom is -0.508 e. The molecule has 0 radical (unpaired) electrons. The fourth-order valence-electron chi connectivity index (χ4n) is 7.07. The highest BCUT2D eigenvalue weighted by atomic mass is 16.5. The molecule has 3 aromatic carbocycles. The number of nitrogens with one attached hydrogen (secondary N) is 7. The molecule has 24 nitrogen and oxygen atoms in total. The van der Waals surface area contributed by atoms with E-state index in [0.29, 0.717) is 23.1 Å². The van der Waals surface area contributed by atoms with Crippen LogP contribution >= 0.6 is 0 Å². The molecule has 24 heteroatoms. The van der Waals surface area contributed by atoms with Gasteiger partial charge in [-0.15, -0.1) is 0 Å². The van der Waals surface area contributed by atoms with Crippen LogP contribution in [0.5, 0.6) is 5.75 Å². The zero-order chi connectivity index (χ0) is 53.9. The summed E-state index contributed by atoms with van der Waals surface area (Å²) in [6.07, 6.45) is -0.257. The van der Waals surface area contributed by atoms with Gasteiger partial charge >= 0.3 is 6.09 Å². The summed E-state index contributed by atoms with van der Waals surface area (Å²) in [7, 11) is 0. The first-order valence-electron chi connectivity index (χ1n) is 23.7. The number of ether oxygens (including phenoxy) is 1. The number of carbonyl (C=O) groups excluding carboxylic acids is 8. The van der Waals surface area contributed by atoms with Crippen LogP contribution in [-0.4, -0.2) is 120 Å². The fraction of sp³-hybridized carbons (Fsp3) is 0.429. The van der Waals surface area contributed by atoms with Crippen molar-refractivity contribution in [2.45, 2.75) is 109 Å². The predicted octanol–water partition coefficient (Wildman–Crippen LogP) is -1.33. The third-order valence-corrected chi connectivity index (χ3v) is 10.8. The highest BCUT2D eigenvalue weighted by molar-refractivity contribution is 5.96. The second-order valence-electron chi connectivity index (χ2n) is 17.5. The highest BCUT2D eigenvalue weighted by Gasteiger charge is 2.32. The van der Waals surface area contributed by atoms with Gasteiger partial charge in [0.2, 0.25) is 41.4 Å². The third-order valence-electron chi connectivity index (χ3n) is 10.8. The summed E-state index contributed by atoms with van der Waals surface area (Å²) in [5.41, 5.74) is 29.2. The Bertz CT molecular complexity index is 2350. The molecule has 3 aromatic rings. The number of alkyl carbamates (subject to hydrolysis) is 1. The van der Waals surface area contributed by atoms with Crippen LogP contribution in [0.15, 0.2) is 94.9 Å². The Morgan fingerprint density at radius 2 is 1.00 bits per heavy atom. The van der Waals surface area contributed by atoms with Gasteiger partial charge in [-0.25, -0.2) is 4.79 Å². The molecule has 396 valence electrons. The molecule has 18 N–H and O–H groups in total. The molecule has 0 saturated carbocycles. The smallest absolute Gasteiger partial charge is 0.408 e. The first-order valence-corrected chi connectivity index (χ1v) is 23.7. The van der Waals surface area contributed by atoms with Crippen molar-refractivity contribution in [1.29, 1.82) is 0 Å². The van der Waals surface area contributed by atoms with Gasteiger partial charge < -0.3 is 75.7 Å². The maximum atomic E-state index is 14.1. The fourth-order valence-corrected chi connectivity index (χ4v) is 7.07. The van der Waals surface area contributed by atoms with Crippen LogP contribution in [0.1, 0.15) is 69.6 Å². The first kappa shape index (κ1) is 58.9. The minimum absolute atomic E-state index is 0.00636. The number of guanidine groups is 2. The number of carbonyl (C=O) groups is 8. The SMILES string of the molecule is CC(C)C[C@H](NC(=O)[C@H](Cc1ccccc1)NC(=O)CNC(=O)[C@@H](C)NC(=O)[C@H](Cc1ccc(O)cc1)NC(=O)OCc1ccccc1)C(=O)N[C@@H](CCCN=C(N)N)C(=O)N[C@@H](CCCN=C(N)N)C(N)=O. The van der Waals surface area contributed by atoms with E-state index in [4.69, 9.17) is 33.4 Å². The van der Waals surface area contributed by atoms with E-state index in [2.05, 4.69) is 47.2 Å². The van der Waals surface area contributed by atoms with Gasteiger partial charge in [-0.3, -0.25) is 43.5 Å². The van der Waals surface area contributed by atoms with Gasteiger partial charge in [0.1, 0.15) is 48.6 Å². The molecule has 0 aliphatic carbocycles. The molecule has 0 saturated heterocycles. The predicted molar refractivity (Wildman–Crippen MR) is 272 cm³/mol. The summed E-state index contributed by atoms with van der Waals surface area (Å²) in [4.78, 5) is 115. The average molecular weight is 1020 g/mol. The van der Waals surface area contributed by atoms with E-state index < -0.39 is 90.2 Å². The Kier molecular flexibility index (Phi) is 25.0. The Labute approximate surface area is 423 Å². The Morgan fingerprint density at radius 3 is 1.55 bits per heavy atom. The molecule has 0 heterocycles. The summed E-state index contributed by atoms with van der Waals surface area (Å²) in [6.45, 7) is 4.56. The first-order chi connectivity index (χ1) is 34.7. The quantitative estimate of drug-likeness (QED) is 0.0209. The molecular weight excluding hydrogens is 945 g/mol. The zero-order valence-electron chi connectivity index (χ0n) is 41.3. The van der Waals surface area contributed by atoms with Crippen LogP contribution in [0.3, 0.4) is 0 Å². The molecule has 3 rings (SSSR count). The summed E-state index contributed by atoms with van der Waals surface area (Å²) < 4.78 is 5.31. The van der Waals surface area contributed by atoms with E-state index in [1.54, 1.807) is 66.7 Å². The lowest BCUT2D eigenvalue weighted by atomic mass is 10.00. The van der Waals surface area contributed by atoms with E-state index >= 15 is 0 Å². The Balaban J connectivity index is 1.73. The maximum absolute atomic E-state index is 14.1. The van der Waals surface area contributed by atoms with Gasteiger partial charge in [0.05, 0.1) is 6.54 Å². The average Bonchev–Trinajstić information content (AvgIpc) is 3.34. The molecule has 0 bridgehead atoms. The molecule has 0 unspecified atom stereocenters. The number of hydrogen-bond donors (Lipinski definition) is 13. The van der Waals surface area contributed by atoms with Crippen molar-refractivity contribution in [3.63, 3.8) is 0 Å². The Morgan fingerprint density at radius 1 is 0.534 bits per heavy atom. The number of phenols is 1. The maximum Gasteiger partial charge on any atom is 0.408 e. The highest BCUT2D eigenvalue weighted by Crippen LogP contribution is 2.13. The zero-order valence-corrected chi connectivity index (χ0v) is 41.3. The number of primary amides is 1. The van der Waals surface area contributed by atoms with Crippen molar-refractivity contribution < 1.29 is 48.2 Å². The Hall–Kier alpha value is -8.44. The number of amides is 8. The van der Waals surface area contributed by atoms with Crippen LogP contribution in [-0.2, 0) is 57.7 Å². The molecule has 0 spiro atoms. The third kappa shape index (κ3) is 23.4. The van der Waals surface area contributed by atoms with E-state index in [1.165, 1.54) is 19.1 Å². The number of aliphatic imine (C=N–C) groups is 2. The van der Waals surface area contributed by atoms with E-state index in [9.17, 15) is 43.5 Å². The second-order valence-corrected chi connectivity index (χ2v) is 17.5. The lowest BCUT2D eigenvalue weighted by Crippen LogP contribution is -2.59. The van der Waals surface area contributed by atoms with E-state index in [0.717, 1.165) is 0 Å². The monoisotopic (exact) mass is 1010 g/mol. The van der Waals surface area contributed by atoms with Gasteiger partial charge in [-0.2, -0.15) is 0 Å². The van der Waals surface area contributed by atoms with Gasteiger partial charge in [-0.1, -0.05) is 86.6 Å². The summed E-state index contributed by atoms with van der Waals surface area (Å²) in [5, 5.41) is 27.9. The normalized spacial score (nSPS) is 13.2. The topological polar surface area (TPSA) is 405 Å². The number of aromatic hydroxyl groups is 1. The van der Waals surface area contributed by atoms with Crippen molar-refractivity contribution in [1.82, 2.24) is 37.2 Å². The van der Waals surface area contributed by atoms with Gasteiger partial charge in [0, 0.05) is 25.9 Å². The molecule has 0 aromatic heterocycles. The van der Waals surface area contributed by atoms with E-state index in [1.807, 2.05) is 19.9 Å². The number of nitrogens with zero attached hydrogens (tertiary/aromatic N) is 2. The lowest BCUT2D eigenvalue weighted by Gasteiger charge is -2.27. The van der Waals surface area contributed by atoms with Crippen LogP contribution in [0, 0.1) is 5.92 Å².